The Bertz CT molecular complexity index is 1300. The molecule has 9 heteroatoms. The van der Waals surface area contributed by atoms with Crippen LogP contribution in [0.4, 0.5) is 5.69 Å². The van der Waals surface area contributed by atoms with Gasteiger partial charge in [0.25, 0.3) is 0 Å². The molecular formula is C25H24N2O5S2. The van der Waals surface area contributed by atoms with Crippen LogP contribution in [0.3, 0.4) is 0 Å². The van der Waals surface area contributed by atoms with Crippen LogP contribution in [0.2, 0.25) is 0 Å². The van der Waals surface area contributed by atoms with E-state index in [1.807, 2.05) is 24.3 Å². The topological polar surface area (TPSA) is 88.7 Å². The third kappa shape index (κ3) is 3.82. The van der Waals surface area contributed by atoms with Crippen LogP contribution in [-0.2, 0) is 9.59 Å². The van der Waals surface area contributed by atoms with Gasteiger partial charge in [-0.3, -0.25) is 14.4 Å². The molecule has 0 aliphatic carbocycles. The Morgan fingerprint density at radius 3 is 2.50 bits per heavy atom. The molecule has 1 aromatic heterocycles. The monoisotopic (exact) mass is 496 g/mol. The Labute approximate surface area is 205 Å². The molecule has 2 aromatic carbocycles. The molecule has 0 spiro atoms. The maximum atomic E-state index is 13.7. The molecule has 176 valence electrons. The van der Waals surface area contributed by atoms with Crippen LogP contribution < -0.4 is 19.2 Å². The van der Waals surface area contributed by atoms with Crippen molar-refractivity contribution in [2.24, 2.45) is 11.8 Å². The molecule has 34 heavy (non-hydrogen) atoms. The van der Waals surface area contributed by atoms with Crippen molar-refractivity contribution in [2.75, 3.05) is 18.6 Å². The van der Waals surface area contributed by atoms with Crippen LogP contribution in [-0.4, -0.2) is 35.8 Å². The van der Waals surface area contributed by atoms with Crippen molar-refractivity contribution in [1.29, 1.82) is 0 Å². The molecule has 3 atom stereocenters. The summed E-state index contributed by atoms with van der Waals surface area (Å²) in [6.45, 7) is 4.68. The van der Waals surface area contributed by atoms with E-state index in [1.165, 1.54) is 16.7 Å². The van der Waals surface area contributed by atoms with E-state index in [-0.39, 0.29) is 16.7 Å². The molecular weight excluding hydrogens is 472 g/mol. The largest absolute Gasteiger partial charge is 0.493 e. The second-order valence-electron chi connectivity index (χ2n) is 8.71. The highest BCUT2D eigenvalue weighted by molar-refractivity contribution is 8.00. The minimum atomic E-state index is -0.635. The first-order valence-corrected chi connectivity index (χ1v) is 12.7. The Morgan fingerprint density at radius 1 is 1.03 bits per heavy atom. The van der Waals surface area contributed by atoms with Crippen LogP contribution in [0.5, 0.6) is 11.5 Å². The van der Waals surface area contributed by atoms with E-state index in [0.29, 0.717) is 34.7 Å². The molecule has 2 unspecified atom stereocenters. The molecule has 3 aromatic rings. The number of rotatable bonds is 6. The number of aromatic nitrogens is 1. The SMILES string of the molecule is COc1cc([C@H]2c3sc(=O)[nH]c3SC3C(=O)N(c4ccccc4)C(=O)C32)ccc1OCC(C)C. The van der Waals surface area contributed by atoms with Gasteiger partial charge in [0.1, 0.15) is 5.25 Å². The number of amides is 2. The number of thiazole rings is 1. The van der Waals surface area contributed by atoms with Crippen LogP contribution in [0.15, 0.2) is 58.4 Å². The number of nitrogens with zero attached hydrogens (tertiary/aromatic N) is 1. The highest BCUT2D eigenvalue weighted by Gasteiger charge is 2.56. The van der Waals surface area contributed by atoms with Crippen molar-refractivity contribution < 1.29 is 19.1 Å². The number of benzene rings is 2. The molecule has 0 bridgehead atoms. The zero-order chi connectivity index (χ0) is 24.0. The quantitative estimate of drug-likeness (QED) is 0.513. The number of anilines is 1. The summed E-state index contributed by atoms with van der Waals surface area (Å²) in [6, 6.07) is 14.5. The van der Waals surface area contributed by atoms with Crippen LogP contribution in [0, 0.1) is 11.8 Å². The third-order valence-electron chi connectivity index (χ3n) is 5.96. The van der Waals surface area contributed by atoms with E-state index in [4.69, 9.17) is 9.47 Å². The number of methoxy groups -OCH3 is 1. The molecule has 3 heterocycles. The Kier molecular flexibility index (Phi) is 5.99. The summed E-state index contributed by atoms with van der Waals surface area (Å²) in [6.07, 6.45) is 0. The summed E-state index contributed by atoms with van der Waals surface area (Å²) in [5, 5.41) is 0.0229. The maximum Gasteiger partial charge on any atom is 0.305 e. The Hall–Kier alpha value is -3.04. The number of thioether (sulfide) groups is 1. The fourth-order valence-electron chi connectivity index (χ4n) is 4.46. The standard InChI is InChI=1S/C25H24N2O5S2/c1-13(2)12-32-16-10-9-14(11-17(16)31-3)18-19-21(33-22-20(18)34-25(30)26-22)24(29)27(23(19)28)15-7-5-4-6-8-15/h4-11,13,18-19,21H,12H2,1-3H3,(H,26,30)/t18-,19?,21?/m1/s1. The minimum Gasteiger partial charge on any atom is -0.493 e. The first-order valence-electron chi connectivity index (χ1n) is 11.0. The molecule has 1 saturated heterocycles. The van der Waals surface area contributed by atoms with Gasteiger partial charge in [-0.2, -0.15) is 0 Å². The van der Waals surface area contributed by atoms with Crippen molar-refractivity contribution in [1.82, 2.24) is 4.98 Å². The van der Waals surface area contributed by atoms with Gasteiger partial charge in [-0.25, -0.2) is 4.90 Å². The Morgan fingerprint density at radius 2 is 1.79 bits per heavy atom. The number of fused-ring (bicyclic) bond motifs is 2. The van der Waals surface area contributed by atoms with E-state index in [9.17, 15) is 14.4 Å². The van der Waals surface area contributed by atoms with Crippen molar-refractivity contribution in [2.45, 2.75) is 30.0 Å². The lowest BCUT2D eigenvalue weighted by Crippen LogP contribution is -2.32. The molecule has 5 rings (SSSR count). The molecule has 0 saturated carbocycles. The van der Waals surface area contributed by atoms with Crippen LogP contribution in [0.25, 0.3) is 0 Å². The van der Waals surface area contributed by atoms with Gasteiger partial charge < -0.3 is 14.5 Å². The van der Waals surface area contributed by atoms with E-state index < -0.39 is 17.1 Å². The number of carbonyl (C=O) groups is 2. The lowest BCUT2D eigenvalue weighted by atomic mass is 9.83. The second-order valence-corrected chi connectivity index (χ2v) is 10.9. The third-order valence-corrected chi connectivity index (χ3v) is 8.36. The number of ether oxygens (including phenoxy) is 2. The van der Waals surface area contributed by atoms with E-state index in [1.54, 1.807) is 31.4 Å². The molecule has 0 radical (unpaired) electrons. The van der Waals surface area contributed by atoms with Gasteiger partial charge >= 0.3 is 4.87 Å². The zero-order valence-electron chi connectivity index (χ0n) is 18.9. The maximum absolute atomic E-state index is 13.7. The zero-order valence-corrected chi connectivity index (χ0v) is 20.6. The Balaban J connectivity index is 1.60. The normalized spacial score (nSPS) is 21.5. The summed E-state index contributed by atoms with van der Waals surface area (Å²) in [5.74, 6) is -0.0986. The van der Waals surface area contributed by atoms with Gasteiger partial charge in [-0.15, -0.1) is 0 Å². The molecule has 2 amide bonds. The molecule has 1 N–H and O–H groups in total. The lowest BCUT2D eigenvalue weighted by molar-refractivity contribution is -0.122. The second kappa shape index (κ2) is 8.96. The van der Waals surface area contributed by atoms with Crippen LogP contribution in [0.1, 0.15) is 30.2 Å². The summed E-state index contributed by atoms with van der Waals surface area (Å²) in [7, 11) is 1.57. The number of aromatic amines is 1. The van der Waals surface area contributed by atoms with Gasteiger partial charge in [0, 0.05) is 10.8 Å². The number of hydrogen-bond donors (Lipinski definition) is 1. The average molecular weight is 497 g/mol. The van der Waals surface area contributed by atoms with E-state index in [0.717, 1.165) is 21.8 Å². The first-order chi connectivity index (χ1) is 16.4. The highest BCUT2D eigenvalue weighted by Crippen LogP contribution is 2.53. The van der Waals surface area contributed by atoms with Gasteiger partial charge in [-0.1, -0.05) is 61.2 Å². The lowest BCUT2D eigenvalue weighted by Gasteiger charge is -2.30. The average Bonchev–Trinajstić information content (AvgIpc) is 3.32. The number of imide groups is 1. The van der Waals surface area contributed by atoms with E-state index >= 15 is 0 Å². The fourth-order valence-corrected chi connectivity index (χ4v) is 6.98. The fraction of sp³-hybridized carbons (Fsp3) is 0.320. The summed E-state index contributed by atoms with van der Waals surface area (Å²) < 4.78 is 11.5. The predicted molar refractivity (Wildman–Crippen MR) is 132 cm³/mol. The van der Waals surface area contributed by atoms with Gasteiger partial charge in [0.15, 0.2) is 11.5 Å². The van der Waals surface area contributed by atoms with Crippen LogP contribution >= 0.6 is 23.1 Å². The number of nitrogens with one attached hydrogen (secondary N) is 1. The van der Waals surface area contributed by atoms with Crippen molar-refractivity contribution in [3.8, 4) is 11.5 Å². The first kappa shape index (κ1) is 22.7. The minimum absolute atomic E-state index is 0.203. The van der Waals surface area contributed by atoms with Gasteiger partial charge in [0.05, 0.1) is 30.3 Å². The summed E-state index contributed by atoms with van der Waals surface area (Å²) in [4.78, 5) is 44.1. The smallest absolute Gasteiger partial charge is 0.305 e. The highest BCUT2D eigenvalue weighted by atomic mass is 32.2. The predicted octanol–water partition coefficient (Wildman–Crippen LogP) is 4.28. The van der Waals surface area contributed by atoms with Crippen molar-refractivity contribution in [3.63, 3.8) is 0 Å². The van der Waals surface area contributed by atoms with E-state index in [2.05, 4.69) is 18.8 Å². The molecule has 7 nitrogen and oxygen atoms in total. The number of carbonyl (C=O) groups excluding carboxylic acids is 2. The molecule has 2 aliphatic rings. The summed E-state index contributed by atoms with van der Waals surface area (Å²) in [5.41, 5.74) is 1.36. The number of para-hydroxylation sites is 1. The number of hydrogen-bond acceptors (Lipinski definition) is 7. The van der Waals surface area contributed by atoms with Gasteiger partial charge in [-0.05, 0) is 35.7 Å². The summed E-state index contributed by atoms with van der Waals surface area (Å²) >= 11 is 2.36. The molecule has 1 fully saturated rings. The van der Waals surface area contributed by atoms with Crippen molar-refractivity contribution in [3.05, 3.63) is 68.6 Å². The molecule has 2 aliphatic heterocycles. The van der Waals surface area contributed by atoms with Crippen molar-refractivity contribution >= 4 is 40.6 Å². The number of H-pyrrole nitrogens is 1. The van der Waals surface area contributed by atoms with Gasteiger partial charge in [0.2, 0.25) is 11.8 Å².